The van der Waals surface area contributed by atoms with E-state index in [-0.39, 0.29) is 11.5 Å². The molecule has 6 nitrogen and oxygen atoms in total. The molecular weight excluding hydrogens is 357 g/mol. The minimum Gasteiger partial charge on any atom is -0.454 e. The molecule has 0 bridgehead atoms. The largest absolute Gasteiger partial charge is 0.454 e. The smallest absolute Gasteiger partial charge is 0.349 e. The van der Waals surface area contributed by atoms with Gasteiger partial charge in [0.05, 0.1) is 5.56 Å². The molecule has 136 valence electrons. The molecule has 0 radical (unpaired) electrons. The minimum absolute atomic E-state index is 0.221. The van der Waals surface area contributed by atoms with Gasteiger partial charge in [0.2, 0.25) is 0 Å². The van der Waals surface area contributed by atoms with Crippen molar-refractivity contribution in [3.8, 4) is 11.5 Å². The molecule has 0 saturated heterocycles. The van der Waals surface area contributed by atoms with Crippen molar-refractivity contribution in [2.75, 3.05) is 6.61 Å². The number of hydrogen-bond acceptors (Lipinski definition) is 6. The van der Waals surface area contributed by atoms with Crippen molar-refractivity contribution in [1.29, 1.82) is 0 Å². The van der Waals surface area contributed by atoms with Gasteiger partial charge in [-0.2, -0.15) is 0 Å². The van der Waals surface area contributed by atoms with E-state index < -0.39 is 47.5 Å². The maximum Gasteiger partial charge on any atom is 0.349 e. The first-order valence-corrected chi connectivity index (χ1v) is 7.08. The van der Waals surface area contributed by atoms with Crippen LogP contribution in [0.25, 0.3) is 0 Å². The van der Waals surface area contributed by atoms with Gasteiger partial charge in [0.1, 0.15) is 0 Å². The van der Waals surface area contributed by atoms with Crippen LogP contribution in [0.4, 0.5) is 13.2 Å². The van der Waals surface area contributed by atoms with Crippen LogP contribution in [0.15, 0.2) is 36.4 Å². The third-order valence-corrected chi connectivity index (χ3v) is 2.92. The van der Waals surface area contributed by atoms with Gasteiger partial charge < -0.3 is 14.2 Å². The Hall–Kier alpha value is -3.36. The summed E-state index contributed by atoms with van der Waals surface area (Å²) >= 11 is 0. The van der Waals surface area contributed by atoms with Gasteiger partial charge in [0.25, 0.3) is 0 Å². The Morgan fingerprint density at radius 2 is 1.50 bits per heavy atom. The van der Waals surface area contributed by atoms with Crippen LogP contribution in [0.5, 0.6) is 11.5 Å². The second-order valence-electron chi connectivity index (χ2n) is 4.81. The van der Waals surface area contributed by atoms with Crippen LogP contribution in [0.2, 0.25) is 0 Å². The second kappa shape index (κ2) is 8.15. The Morgan fingerprint density at radius 3 is 2.12 bits per heavy atom. The number of ether oxygens (including phenoxy) is 3. The third-order valence-electron chi connectivity index (χ3n) is 2.92. The first-order chi connectivity index (χ1) is 12.3. The fourth-order valence-electron chi connectivity index (χ4n) is 1.77. The van der Waals surface area contributed by atoms with E-state index in [1.807, 2.05) is 0 Å². The molecule has 2 rings (SSSR count). The van der Waals surface area contributed by atoms with E-state index in [4.69, 9.17) is 9.47 Å². The van der Waals surface area contributed by atoms with Gasteiger partial charge in [-0.25, -0.2) is 22.8 Å². The summed E-state index contributed by atoms with van der Waals surface area (Å²) in [5.41, 5.74) is -0.843. The van der Waals surface area contributed by atoms with Crippen molar-refractivity contribution >= 4 is 17.9 Å². The summed E-state index contributed by atoms with van der Waals surface area (Å²) < 4.78 is 54.0. The minimum atomic E-state index is -1.82. The van der Waals surface area contributed by atoms with Crippen molar-refractivity contribution in [1.82, 2.24) is 0 Å². The highest BCUT2D eigenvalue weighted by Gasteiger charge is 2.22. The zero-order valence-electron chi connectivity index (χ0n) is 13.3. The molecule has 0 amide bonds. The molecule has 0 heterocycles. The van der Waals surface area contributed by atoms with Crippen LogP contribution in [-0.4, -0.2) is 24.5 Å². The summed E-state index contributed by atoms with van der Waals surface area (Å²) in [6.45, 7) is 0.425. The molecule has 0 aliphatic heterocycles. The number of carbonyl (C=O) groups excluding carboxylic acids is 3. The van der Waals surface area contributed by atoms with Crippen molar-refractivity contribution in [2.24, 2.45) is 0 Å². The van der Waals surface area contributed by atoms with Gasteiger partial charge in [-0.15, -0.1) is 0 Å². The van der Waals surface area contributed by atoms with Crippen LogP contribution < -0.4 is 9.47 Å². The molecule has 0 aliphatic rings. The fraction of sp³-hybridized carbons (Fsp3) is 0.118. The number of carbonyl (C=O) groups is 3. The Labute approximate surface area is 145 Å². The lowest BCUT2D eigenvalue weighted by Gasteiger charge is -2.11. The number of para-hydroxylation sites is 2. The number of rotatable bonds is 5. The molecular formula is C17H11F3O6. The molecule has 0 aliphatic carbocycles. The molecule has 0 spiro atoms. The highest BCUT2D eigenvalue weighted by Crippen LogP contribution is 2.28. The van der Waals surface area contributed by atoms with E-state index >= 15 is 0 Å². The predicted octanol–water partition coefficient (Wildman–Crippen LogP) is 2.79. The molecule has 0 N–H and O–H groups in total. The Morgan fingerprint density at radius 1 is 0.885 bits per heavy atom. The van der Waals surface area contributed by atoms with Crippen LogP contribution >= 0.6 is 0 Å². The van der Waals surface area contributed by atoms with Crippen molar-refractivity contribution in [3.05, 3.63) is 59.4 Å². The number of benzene rings is 2. The monoisotopic (exact) mass is 368 g/mol. The normalized spacial score (nSPS) is 10.2. The lowest BCUT2D eigenvalue weighted by atomic mass is 10.2. The van der Waals surface area contributed by atoms with Crippen LogP contribution in [0.1, 0.15) is 17.3 Å². The van der Waals surface area contributed by atoms with Gasteiger partial charge in [0.15, 0.2) is 35.6 Å². The van der Waals surface area contributed by atoms with Gasteiger partial charge in [0, 0.05) is 6.92 Å². The Balaban J connectivity index is 2.17. The maximum atomic E-state index is 13.7. The van der Waals surface area contributed by atoms with Gasteiger partial charge in [-0.3, -0.25) is 4.79 Å². The third kappa shape index (κ3) is 4.59. The van der Waals surface area contributed by atoms with Gasteiger partial charge in [-0.1, -0.05) is 12.1 Å². The highest BCUT2D eigenvalue weighted by atomic mass is 19.2. The summed E-state index contributed by atoms with van der Waals surface area (Å²) in [4.78, 5) is 34.2. The van der Waals surface area contributed by atoms with Crippen molar-refractivity contribution in [3.63, 3.8) is 0 Å². The molecule has 0 unspecified atom stereocenters. The molecule has 26 heavy (non-hydrogen) atoms. The first kappa shape index (κ1) is 19.0. The summed E-state index contributed by atoms with van der Waals surface area (Å²) in [5, 5.41) is 0. The predicted molar refractivity (Wildman–Crippen MR) is 80.0 cm³/mol. The van der Waals surface area contributed by atoms with Gasteiger partial charge in [-0.05, 0) is 24.3 Å². The number of esters is 3. The van der Waals surface area contributed by atoms with Crippen molar-refractivity contribution in [2.45, 2.75) is 6.92 Å². The fourth-order valence-corrected chi connectivity index (χ4v) is 1.77. The topological polar surface area (TPSA) is 78.9 Å². The zero-order chi connectivity index (χ0) is 19.3. The van der Waals surface area contributed by atoms with Crippen LogP contribution in [-0.2, 0) is 14.3 Å². The Kier molecular flexibility index (Phi) is 5.94. The van der Waals surface area contributed by atoms with Gasteiger partial charge >= 0.3 is 17.9 Å². The SMILES string of the molecule is CC(=O)OCC(=O)Oc1ccccc1OC(=O)c1ccc(F)c(F)c1F. The average Bonchev–Trinajstić information content (AvgIpc) is 2.59. The molecule has 2 aromatic rings. The highest BCUT2D eigenvalue weighted by molar-refractivity contribution is 5.91. The summed E-state index contributed by atoms with van der Waals surface area (Å²) in [7, 11) is 0. The number of hydrogen-bond donors (Lipinski definition) is 0. The lowest BCUT2D eigenvalue weighted by molar-refractivity contribution is -0.152. The van der Waals surface area contributed by atoms with Crippen molar-refractivity contribution < 1.29 is 41.8 Å². The van der Waals surface area contributed by atoms with E-state index in [0.717, 1.165) is 6.92 Å². The van der Waals surface area contributed by atoms with Crippen LogP contribution in [0, 0.1) is 17.5 Å². The molecule has 0 saturated carbocycles. The average molecular weight is 368 g/mol. The van der Waals surface area contributed by atoms with E-state index in [9.17, 15) is 27.6 Å². The standard InChI is InChI=1S/C17H11F3O6/c1-9(21)24-8-14(22)25-12-4-2-3-5-13(12)26-17(23)10-6-7-11(18)16(20)15(10)19/h2-7H,8H2,1H3. The summed E-state index contributed by atoms with van der Waals surface area (Å²) in [6.07, 6.45) is 0. The zero-order valence-corrected chi connectivity index (χ0v) is 13.3. The lowest BCUT2D eigenvalue weighted by Crippen LogP contribution is -2.18. The molecule has 9 heteroatoms. The van der Waals surface area contributed by atoms with E-state index in [1.54, 1.807) is 0 Å². The number of halogens is 3. The Bertz CT molecular complexity index is 866. The second-order valence-corrected chi connectivity index (χ2v) is 4.81. The molecule has 0 fully saturated rings. The molecule has 2 aromatic carbocycles. The summed E-state index contributed by atoms with van der Waals surface area (Å²) in [5.74, 6) is -8.47. The maximum absolute atomic E-state index is 13.7. The molecule has 0 aromatic heterocycles. The van der Waals surface area contributed by atoms with Crippen LogP contribution in [0.3, 0.4) is 0 Å². The first-order valence-electron chi connectivity index (χ1n) is 7.08. The van der Waals surface area contributed by atoms with E-state index in [0.29, 0.717) is 12.1 Å². The molecule has 0 atom stereocenters. The van der Waals surface area contributed by atoms with E-state index in [1.165, 1.54) is 24.3 Å². The van der Waals surface area contributed by atoms with E-state index in [2.05, 4.69) is 4.74 Å². The summed E-state index contributed by atoms with van der Waals surface area (Å²) in [6, 6.07) is 6.64. The quantitative estimate of drug-likeness (QED) is 0.459.